The number of aromatic nitrogens is 6. The van der Waals surface area contributed by atoms with Crippen LogP contribution in [0.5, 0.6) is 0 Å². The van der Waals surface area contributed by atoms with Gasteiger partial charge >= 0.3 is 0 Å². The van der Waals surface area contributed by atoms with Crippen molar-refractivity contribution in [3.63, 3.8) is 0 Å². The summed E-state index contributed by atoms with van der Waals surface area (Å²) in [5.74, 6) is 6.22. The molecule has 1 saturated carbocycles. The van der Waals surface area contributed by atoms with Crippen molar-refractivity contribution >= 4 is 35.0 Å². The van der Waals surface area contributed by atoms with Crippen LogP contribution in [-0.4, -0.2) is 59.2 Å². The van der Waals surface area contributed by atoms with Gasteiger partial charge in [-0.15, -0.1) is 0 Å². The third-order valence-corrected chi connectivity index (χ3v) is 7.64. The Morgan fingerprint density at radius 3 is 2.68 bits per heavy atom. The minimum atomic E-state index is -0.478. The summed E-state index contributed by atoms with van der Waals surface area (Å²) in [4.78, 5) is 37.1. The molecule has 0 spiro atoms. The fraction of sp³-hybridized carbons (Fsp3) is 0.300. The van der Waals surface area contributed by atoms with Crippen LogP contribution in [0, 0.1) is 6.92 Å². The number of hydrogen-bond donors (Lipinski definition) is 3. The van der Waals surface area contributed by atoms with Crippen LogP contribution in [-0.2, 0) is 22.6 Å². The van der Waals surface area contributed by atoms with E-state index in [2.05, 4.69) is 32.3 Å². The van der Waals surface area contributed by atoms with Gasteiger partial charge in [0.25, 0.3) is 5.91 Å². The van der Waals surface area contributed by atoms with Crippen LogP contribution in [0.4, 0.5) is 0 Å². The molecule has 1 amide bonds. The smallest absolute Gasteiger partial charge is 0.269 e. The second-order valence-corrected chi connectivity index (χ2v) is 10.9. The van der Waals surface area contributed by atoms with Crippen LogP contribution >= 0.6 is 11.6 Å². The first kappa shape index (κ1) is 30.7. The van der Waals surface area contributed by atoms with E-state index >= 15 is 0 Å². The Kier molecular flexibility index (Phi) is 9.28. The van der Waals surface area contributed by atoms with Gasteiger partial charge in [0, 0.05) is 49.7 Å². The van der Waals surface area contributed by atoms with Crippen molar-refractivity contribution in [1.82, 2.24) is 38.6 Å². The van der Waals surface area contributed by atoms with Crippen LogP contribution in [0.2, 0.25) is 5.02 Å². The van der Waals surface area contributed by atoms with Gasteiger partial charge in [0.15, 0.2) is 11.9 Å². The monoisotopic (exact) mass is 618 g/mol. The zero-order valence-electron chi connectivity index (χ0n) is 24.8. The molecule has 1 aliphatic carbocycles. The first-order chi connectivity index (χ1) is 21.2. The number of hydrazine groups is 1. The number of nitrogens with zero attached hydrogens (tertiary/aromatic N) is 7. The molecule has 5 aromatic heterocycles. The molecular weight excluding hydrogens is 584 g/mol. The molecule has 230 valence electrons. The van der Waals surface area contributed by atoms with Crippen LogP contribution < -0.4 is 16.9 Å². The largest absolute Gasteiger partial charge is 0.393 e. The molecule has 44 heavy (non-hydrogen) atoms. The highest BCUT2D eigenvalue weighted by atomic mass is 35.5. The van der Waals surface area contributed by atoms with Crippen molar-refractivity contribution in [3.8, 4) is 5.69 Å². The Labute approximate surface area is 259 Å². The number of pyridine rings is 2. The zero-order chi connectivity index (χ0) is 31.4. The second-order valence-electron chi connectivity index (χ2n) is 10.5. The Morgan fingerprint density at radius 1 is 1.23 bits per heavy atom. The summed E-state index contributed by atoms with van der Waals surface area (Å²) in [6.07, 6.45) is 15.1. The van der Waals surface area contributed by atoms with Crippen molar-refractivity contribution in [2.45, 2.75) is 45.7 Å². The fourth-order valence-corrected chi connectivity index (χ4v) is 4.91. The lowest BCUT2D eigenvalue weighted by Gasteiger charge is -2.13. The maximum absolute atomic E-state index is 12.7. The summed E-state index contributed by atoms with van der Waals surface area (Å²) >= 11 is 6.25. The predicted molar refractivity (Wildman–Crippen MR) is 166 cm³/mol. The molecule has 0 unspecified atom stereocenters. The standard InChI is InChI=1S/C27H27ClN10O2.C3H8O/c1-16-21(28)4-5-35-15-33-23(25(16)35)7-31-27(40)22(29)12-38(30)11-19-9-36-8-18(17-2-3-17)6-24(26(36)34-19)37-10-20(13-39)32-14-37;1-3-4-2/h4-6,8-10,12-15,17H,2-3,7,11,29-30H2,1H3,(H,31,40);3H2,1-2H3/b22-12-;. The highest BCUT2D eigenvalue weighted by Crippen LogP contribution is 2.41. The molecule has 0 aliphatic heterocycles. The van der Waals surface area contributed by atoms with Crippen molar-refractivity contribution in [3.05, 3.63) is 94.7 Å². The minimum Gasteiger partial charge on any atom is -0.393 e. The van der Waals surface area contributed by atoms with Gasteiger partial charge in [-0.2, -0.15) is 0 Å². The number of halogens is 1. The molecule has 5 N–H and O–H groups in total. The van der Waals surface area contributed by atoms with E-state index in [1.807, 2.05) is 35.0 Å². The first-order valence-electron chi connectivity index (χ1n) is 14.1. The minimum absolute atomic E-state index is 0.0546. The number of fused-ring (bicyclic) bond motifs is 2. The Balaban J connectivity index is 0.000000906. The first-order valence-corrected chi connectivity index (χ1v) is 14.5. The average Bonchev–Trinajstić information content (AvgIpc) is 3.41. The Hall–Kier alpha value is -4.72. The van der Waals surface area contributed by atoms with Crippen molar-refractivity contribution in [2.24, 2.45) is 11.6 Å². The maximum Gasteiger partial charge on any atom is 0.269 e. The van der Waals surface area contributed by atoms with E-state index in [0.29, 0.717) is 40.0 Å². The molecule has 1 aliphatic rings. The molecule has 0 bridgehead atoms. The van der Waals surface area contributed by atoms with Gasteiger partial charge in [0.2, 0.25) is 0 Å². The molecule has 0 saturated heterocycles. The van der Waals surface area contributed by atoms with Crippen LogP contribution in [0.15, 0.2) is 61.5 Å². The van der Waals surface area contributed by atoms with E-state index < -0.39 is 5.91 Å². The molecule has 0 radical (unpaired) electrons. The molecule has 5 heterocycles. The van der Waals surface area contributed by atoms with Crippen LogP contribution in [0.1, 0.15) is 58.7 Å². The molecule has 5 aromatic rings. The van der Waals surface area contributed by atoms with Crippen molar-refractivity contribution < 1.29 is 14.3 Å². The van der Waals surface area contributed by atoms with Crippen LogP contribution in [0.3, 0.4) is 0 Å². The molecule has 14 heteroatoms. The molecule has 0 aromatic carbocycles. The highest BCUT2D eigenvalue weighted by Gasteiger charge is 2.25. The van der Waals surface area contributed by atoms with Crippen molar-refractivity contribution in [2.75, 3.05) is 13.7 Å². The van der Waals surface area contributed by atoms with Gasteiger partial charge in [0.05, 0.1) is 42.0 Å². The number of carbonyl (C=O) groups excluding carboxylic acids is 2. The number of amides is 1. The molecule has 0 atom stereocenters. The zero-order valence-corrected chi connectivity index (χ0v) is 25.5. The van der Waals surface area contributed by atoms with Gasteiger partial charge in [-0.1, -0.05) is 11.6 Å². The normalized spacial score (nSPS) is 13.2. The van der Waals surface area contributed by atoms with Gasteiger partial charge in [0.1, 0.15) is 17.7 Å². The number of aryl methyl sites for hydroxylation is 1. The fourth-order valence-electron chi connectivity index (χ4n) is 4.76. The second kappa shape index (κ2) is 13.3. The number of nitrogens with one attached hydrogen (secondary N) is 1. The number of rotatable bonds is 10. The molecule has 6 rings (SSSR count). The third kappa shape index (κ3) is 6.75. The SMILES string of the molecule is CCOC.Cc1c(Cl)ccn2cnc(CNC(=O)/C(N)=C/N(N)Cc3cn4cc(C5CC5)cc(-n5cnc(C=O)c5)c4n3)c12. The summed E-state index contributed by atoms with van der Waals surface area (Å²) in [5.41, 5.74) is 12.1. The third-order valence-electron chi connectivity index (χ3n) is 7.23. The van der Waals surface area contributed by atoms with Gasteiger partial charge in [-0.25, -0.2) is 20.8 Å². The number of imidazole rings is 3. The summed E-state index contributed by atoms with van der Waals surface area (Å²) < 4.78 is 10.1. The van der Waals surface area contributed by atoms with E-state index in [1.165, 1.54) is 16.8 Å². The van der Waals surface area contributed by atoms with E-state index in [9.17, 15) is 9.59 Å². The van der Waals surface area contributed by atoms with E-state index in [4.69, 9.17) is 28.2 Å². The summed E-state index contributed by atoms with van der Waals surface area (Å²) in [6.45, 7) is 5.06. The van der Waals surface area contributed by atoms with Crippen molar-refractivity contribution in [1.29, 1.82) is 0 Å². The predicted octanol–water partition coefficient (Wildman–Crippen LogP) is 3.26. The number of methoxy groups -OCH3 is 1. The van der Waals surface area contributed by atoms with Gasteiger partial charge in [-0.05, 0) is 55.9 Å². The lowest BCUT2D eigenvalue weighted by Crippen LogP contribution is -2.32. The molecule has 1 fully saturated rings. The number of hydrogen-bond acceptors (Lipinski definition) is 9. The van der Waals surface area contributed by atoms with E-state index in [0.717, 1.165) is 36.2 Å². The summed E-state index contributed by atoms with van der Waals surface area (Å²) in [5, 5.41) is 4.72. The number of ether oxygens (including phenoxy) is 1. The maximum atomic E-state index is 12.7. The lowest BCUT2D eigenvalue weighted by atomic mass is 10.2. The summed E-state index contributed by atoms with van der Waals surface area (Å²) in [6, 6.07) is 3.88. The molecular formula is C30H35ClN10O3. The van der Waals surface area contributed by atoms with Gasteiger partial charge in [-0.3, -0.25) is 9.59 Å². The quantitative estimate of drug-likeness (QED) is 0.0922. The number of aldehydes is 1. The van der Waals surface area contributed by atoms with Gasteiger partial charge < -0.3 is 34.2 Å². The number of nitrogens with two attached hydrogens (primary N) is 2. The van der Waals surface area contributed by atoms with Crippen LogP contribution in [0.25, 0.3) is 16.9 Å². The average molecular weight is 619 g/mol. The topological polar surface area (TPSA) is 163 Å². The lowest BCUT2D eigenvalue weighted by molar-refractivity contribution is -0.117. The Bertz CT molecular complexity index is 1830. The van der Waals surface area contributed by atoms with E-state index in [-0.39, 0.29) is 18.8 Å². The van der Waals surface area contributed by atoms with E-state index in [1.54, 1.807) is 36.6 Å². The highest BCUT2D eigenvalue weighted by molar-refractivity contribution is 6.31. The molecule has 13 nitrogen and oxygen atoms in total. The summed E-state index contributed by atoms with van der Waals surface area (Å²) in [7, 11) is 1.68. The number of carbonyl (C=O) groups is 2. The Morgan fingerprint density at radius 2 is 2.00 bits per heavy atom.